The van der Waals surface area contributed by atoms with Crippen molar-refractivity contribution in [2.24, 2.45) is 0 Å². The molecule has 0 aliphatic heterocycles. The van der Waals surface area contributed by atoms with Gasteiger partial charge in [0.1, 0.15) is 11.2 Å². The van der Waals surface area contributed by atoms with E-state index in [1.165, 1.54) is 38.2 Å². The summed E-state index contributed by atoms with van der Waals surface area (Å²) in [6, 6.07) is 78.8. The Morgan fingerprint density at radius 2 is 1.03 bits per heavy atom. The second-order valence-corrected chi connectivity index (χ2v) is 15.3. The summed E-state index contributed by atoms with van der Waals surface area (Å²) < 4.78 is 9.18. The summed E-state index contributed by atoms with van der Waals surface area (Å²) in [7, 11) is 0. The molecule has 0 saturated carbocycles. The van der Waals surface area contributed by atoms with Crippen LogP contribution in [0.5, 0.6) is 0 Å². The Morgan fingerprint density at radius 1 is 0.373 bits per heavy atom. The van der Waals surface area contributed by atoms with Crippen molar-refractivity contribution in [3.63, 3.8) is 0 Å². The maximum atomic E-state index is 6.79. The van der Waals surface area contributed by atoms with Gasteiger partial charge in [-0.3, -0.25) is 0 Å². The molecule has 0 bridgehead atoms. The highest BCUT2D eigenvalue weighted by atomic mass is 16.3. The number of aromatic nitrogens is 1. The van der Waals surface area contributed by atoms with Gasteiger partial charge in [0.25, 0.3) is 0 Å². The van der Waals surface area contributed by atoms with Gasteiger partial charge in [-0.25, -0.2) is 0 Å². The van der Waals surface area contributed by atoms with Gasteiger partial charge in [0.2, 0.25) is 0 Å². The van der Waals surface area contributed by atoms with Crippen LogP contribution in [0.15, 0.2) is 223 Å². The third-order valence-electron chi connectivity index (χ3n) is 11.9. The van der Waals surface area contributed by atoms with Crippen LogP contribution in [0.1, 0.15) is 0 Å². The molecule has 10 aromatic carbocycles. The van der Waals surface area contributed by atoms with Crippen molar-refractivity contribution in [2.45, 2.75) is 0 Å². The van der Waals surface area contributed by atoms with Crippen LogP contribution >= 0.6 is 0 Å². The number of para-hydroxylation sites is 2. The van der Waals surface area contributed by atoms with Gasteiger partial charge in [-0.1, -0.05) is 152 Å². The molecule has 0 N–H and O–H groups in total. The number of benzene rings is 10. The maximum Gasteiger partial charge on any atom is 0.143 e. The molecule has 0 aliphatic carbocycles. The minimum atomic E-state index is 0.856. The fraction of sp³-hybridized carbons (Fsp3) is 0. The molecule has 0 saturated heterocycles. The highest BCUT2D eigenvalue weighted by Gasteiger charge is 2.23. The summed E-state index contributed by atoms with van der Waals surface area (Å²) in [5, 5.41) is 9.34. The summed E-state index contributed by atoms with van der Waals surface area (Å²) in [5.74, 6) is 0. The summed E-state index contributed by atoms with van der Waals surface area (Å²) in [5.41, 5.74) is 13.1. The molecule has 2 aromatic heterocycles. The molecular weight excluding hydrogens is 717 g/mol. The normalized spacial score (nSPS) is 11.7. The Kier molecular flexibility index (Phi) is 7.54. The lowest BCUT2D eigenvalue weighted by Gasteiger charge is -2.28. The third-order valence-corrected chi connectivity index (χ3v) is 11.9. The largest absolute Gasteiger partial charge is 0.455 e. The average Bonchev–Trinajstić information content (AvgIpc) is 3.86. The van der Waals surface area contributed by atoms with Gasteiger partial charge in [-0.05, 0) is 105 Å². The van der Waals surface area contributed by atoms with Gasteiger partial charge >= 0.3 is 0 Å². The second-order valence-electron chi connectivity index (χ2n) is 15.3. The fourth-order valence-corrected chi connectivity index (χ4v) is 9.24. The summed E-state index contributed by atoms with van der Waals surface area (Å²) in [6.45, 7) is 0. The van der Waals surface area contributed by atoms with Crippen molar-refractivity contribution in [3.8, 4) is 27.9 Å². The Hall–Kier alpha value is -7.88. The van der Waals surface area contributed by atoms with Crippen molar-refractivity contribution in [2.75, 3.05) is 4.90 Å². The van der Waals surface area contributed by atoms with Crippen LogP contribution in [-0.4, -0.2) is 4.57 Å². The number of furan rings is 1. The molecule has 0 fully saturated rings. The van der Waals surface area contributed by atoms with Crippen molar-refractivity contribution in [1.29, 1.82) is 0 Å². The Labute approximate surface area is 341 Å². The van der Waals surface area contributed by atoms with Crippen molar-refractivity contribution in [1.82, 2.24) is 4.57 Å². The summed E-state index contributed by atoms with van der Waals surface area (Å²) in [4.78, 5) is 2.43. The molecule has 2 heterocycles. The van der Waals surface area contributed by atoms with E-state index in [4.69, 9.17) is 4.42 Å². The topological polar surface area (TPSA) is 21.3 Å². The Balaban J connectivity index is 1.16. The molecule has 3 heteroatoms. The number of hydrogen-bond donors (Lipinski definition) is 0. The first-order chi connectivity index (χ1) is 29.3. The molecular formula is C56H36N2O. The van der Waals surface area contributed by atoms with Crippen LogP contribution in [0.3, 0.4) is 0 Å². The standard InChI is InChI=1S/C56H36N2O/c1-3-15-38(16-4-1)50-35-43(29-32-45(50)41-27-26-37-14-7-8-18-40(37)34-41)57(52-24-13-25-54-55(52)49-31-28-39-17-9-10-21-46(39)56(49)59-54)44-30-33-48-47-22-11-12-23-51(47)58(53(48)36-44)42-19-5-2-6-20-42/h1-36H. The van der Waals surface area contributed by atoms with E-state index >= 15 is 0 Å². The van der Waals surface area contributed by atoms with E-state index < -0.39 is 0 Å². The zero-order valence-corrected chi connectivity index (χ0v) is 32.1. The predicted molar refractivity (Wildman–Crippen MR) is 249 cm³/mol. The zero-order chi connectivity index (χ0) is 38.9. The SMILES string of the molecule is c1ccc(-c2cc(N(c3ccc4c5ccccc5n(-c5ccccc5)c4c3)c3cccc4oc5c6ccccc6ccc5c34)ccc2-c2ccc3ccccc3c2)cc1. The lowest BCUT2D eigenvalue weighted by molar-refractivity contribution is 0.672. The molecule has 12 rings (SSSR count). The zero-order valence-electron chi connectivity index (χ0n) is 32.1. The number of nitrogens with zero attached hydrogens (tertiary/aromatic N) is 2. The number of rotatable bonds is 6. The van der Waals surface area contributed by atoms with Crippen molar-refractivity contribution < 1.29 is 4.42 Å². The monoisotopic (exact) mass is 752 g/mol. The fourth-order valence-electron chi connectivity index (χ4n) is 9.24. The van der Waals surface area contributed by atoms with Gasteiger partial charge in [0, 0.05) is 38.6 Å². The van der Waals surface area contributed by atoms with E-state index in [0.717, 1.165) is 72.1 Å². The van der Waals surface area contributed by atoms with E-state index in [-0.39, 0.29) is 0 Å². The second kappa shape index (κ2) is 13.4. The van der Waals surface area contributed by atoms with Gasteiger partial charge in [0.15, 0.2) is 0 Å². The number of anilines is 3. The van der Waals surface area contributed by atoms with E-state index in [1.54, 1.807) is 0 Å². The lowest BCUT2D eigenvalue weighted by atomic mass is 9.92. The van der Waals surface area contributed by atoms with Gasteiger partial charge in [0.05, 0.1) is 22.1 Å². The number of hydrogen-bond acceptors (Lipinski definition) is 2. The van der Waals surface area contributed by atoms with Crippen LogP contribution in [0, 0.1) is 0 Å². The van der Waals surface area contributed by atoms with Crippen LogP contribution in [0.25, 0.3) is 93.2 Å². The van der Waals surface area contributed by atoms with Crippen molar-refractivity contribution >= 4 is 82.4 Å². The smallest absolute Gasteiger partial charge is 0.143 e. The first-order valence-corrected chi connectivity index (χ1v) is 20.2. The van der Waals surface area contributed by atoms with Gasteiger partial charge in [-0.15, -0.1) is 0 Å². The molecule has 0 atom stereocenters. The minimum Gasteiger partial charge on any atom is -0.455 e. The molecule has 276 valence electrons. The van der Waals surface area contributed by atoms with E-state index in [9.17, 15) is 0 Å². The van der Waals surface area contributed by atoms with E-state index in [2.05, 4.69) is 228 Å². The molecule has 0 radical (unpaired) electrons. The molecule has 59 heavy (non-hydrogen) atoms. The first kappa shape index (κ1) is 33.3. The van der Waals surface area contributed by atoms with Crippen LogP contribution < -0.4 is 4.90 Å². The van der Waals surface area contributed by atoms with Crippen LogP contribution in [0.4, 0.5) is 17.1 Å². The Morgan fingerprint density at radius 3 is 1.90 bits per heavy atom. The van der Waals surface area contributed by atoms with E-state index in [1.807, 2.05) is 0 Å². The first-order valence-electron chi connectivity index (χ1n) is 20.2. The summed E-state index contributed by atoms with van der Waals surface area (Å²) in [6.07, 6.45) is 0. The minimum absolute atomic E-state index is 0.856. The number of fused-ring (bicyclic) bond motifs is 9. The van der Waals surface area contributed by atoms with E-state index in [0.29, 0.717) is 0 Å². The molecule has 0 unspecified atom stereocenters. The third kappa shape index (κ3) is 5.36. The molecule has 12 aromatic rings. The van der Waals surface area contributed by atoms with Crippen LogP contribution in [-0.2, 0) is 0 Å². The van der Waals surface area contributed by atoms with Gasteiger partial charge < -0.3 is 13.9 Å². The highest BCUT2D eigenvalue weighted by Crippen LogP contribution is 2.47. The lowest BCUT2D eigenvalue weighted by Crippen LogP contribution is -2.11. The van der Waals surface area contributed by atoms with Crippen LogP contribution in [0.2, 0.25) is 0 Å². The van der Waals surface area contributed by atoms with Gasteiger partial charge in [-0.2, -0.15) is 0 Å². The highest BCUT2D eigenvalue weighted by molar-refractivity contribution is 6.20. The maximum absolute atomic E-state index is 6.79. The van der Waals surface area contributed by atoms with Crippen molar-refractivity contribution in [3.05, 3.63) is 218 Å². The quantitative estimate of drug-likeness (QED) is 0.169. The Bertz CT molecular complexity index is 3560. The predicted octanol–water partition coefficient (Wildman–Crippen LogP) is 15.8. The molecule has 0 aliphatic rings. The average molecular weight is 753 g/mol. The summed E-state index contributed by atoms with van der Waals surface area (Å²) >= 11 is 0. The molecule has 3 nitrogen and oxygen atoms in total. The molecule has 0 spiro atoms. The molecule has 0 amide bonds.